The van der Waals surface area contributed by atoms with Crippen molar-refractivity contribution in [2.45, 2.75) is 91.5 Å². The van der Waals surface area contributed by atoms with Gasteiger partial charge in [0.15, 0.2) is 0 Å². The van der Waals surface area contributed by atoms with Gasteiger partial charge in [0.05, 0.1) is 0 Å². The van der Waals surface area contributed by atoms with E-state index in [9.17, 15) is 0 Å². The Balaban J connectivity index is 2.86. The van der Waals surface area contributed by atoms with Crippen molar-refractivity contribution in [2.75, 3.05) is 5.32 Å². The first-order chi connectivity index (χ1) is 12.0. The number of hydrogen-bond acceptors (Lipinski definition) is 1. The highest BCUT2D eigenvalue weighted by Crippen LogP contribution is 2.30. The van der Waals surface area contributed by atoms with E-state index in [0.717, 1.165) is 12.3 Å². The molecule has 0 aliphatic heterocycles. The van der Waals surface area contributed by atoms with Crippen molar-refractivity contribution in [3.8, 4) is 0 Å². The number of anilines is 1. The number of nitrogens with one attached hydrogen (secondary N) is 1. The van der Waals surface area contributed by atoms with E-state index in [1.165, 1.54) is 49.8 Å². The van der Waals surface area contributed by atoms with E-state index in [4.69, 9.17) is 0 Å². The maximum absolute atomic E-state index is 3.94. The SMILES string of the molecule is C=CCC(Nc1cccc(C(CCC)CCC(C)CC)c1)C(C)CC. The van der Waals surface area contributed by atoms with Crippen molar-refractivity contribution in [1.29, 1.82) is 0 Å². The second-order valence-corrected chi connectivity index (χ2v) is 7.86. The van der Waals surface area contributed by atoms with Crippen LogP contribution in [0.2, 0.25) is 0 Å². The van der Waals surface area contributed by atoms with Crippen LogP contribution >= 0.6 is 0 Å². The first-order valence-electron chi connectivity index (χ1n) is 10.5. The molecule has 1 aromatic rings. The van der Waals surface area contributed by atoms with Gasteiger partial charge in [-0.15, -0.1) is 6.58 Å². The molecule has 0 spiro atoms. The minimum Gasteiger partial charge on any atom is -0.382 e. The fraction of sp³-hybridized carbons (Fsp3) is 0.667. The maximum atomic E-state index is 3.94. The molecule has 1 heteroatoms. The lowest BCUT2D eigenvalue weighted by atomic mass is 9.87. The molecular weight excluding hydrogens is 302 g/mol. The quantitative estimate of drug-likeness (QED) is 0.360. The Bertz CT molecular complexity index is 479. The molecule has 0 bridgehead atoms. The molecule has 0 saturated heterocycles. The summed E-state index contributed by atoms with van der Waals surface area (Å²) in [5.74, 6) is 2.18. The second kappa shape index (κ2) is 12.2. The van der Waals surface area contributed by atoms with Gasteiger partial charge in [-0.2, -0.15) is 0 Å². The van der Waals surface area contributed by atoms with Crippen molar-refractivity contribution in [3.63, 3.8) is 0 Å². The Hall–Kier alpha value is -1.24. The fourth-order valence-electron chi connectivity index (χ4n) is 3.51. The minimum absolute atomic E-state index is 0.475. The van der Waals surface area contributed by atoms with E-state index in [0.29, 0.717) is 17.9 Å². The van der Waals surface area contributed by atoms with Crippen molar-refractivity contribution in [2.24, 2.45) is 11.8 Å². The molecule has 0 aromatic heterocycles. The van der Waals surface area contributed by atoms with Gasteiger partial charge in [-0.05, 0) is 54.7 Å². The Kier molecular flexibility index (Phi) is 10.6. The van der Waals surface area contributed by atoms with Crippen LogP contribution in [0.4, 0.5) is 5.69 Å². The van der Waals surface area contributed by atoms with Crippen LogP contribution in [0.5, 0.6) is 0 Å². The molecule has 25 heavy (non-hydrogen) atoms. The summed E-state index contributed by atoms with van der Waals surface area (Å²) in [6.07, 6.45) is 10.7. The van der Waals surface area contributed by atoms with Crippen molar-refractivity contribution in [3.05, 3.63) is 42.5 Å². The van der Waals surface area contributed by atoms with Gasteiger partial charge in [0.25, 0.3) is 0 Å². The molecule has 0 amide bonds. The van der Waals surface area contributed by atoms with E-state index >= 15 is 0 Å². The van der Waals surface area contributed by atoms with Gasteiger partial charge in [0, 0.05) is 11.7 Å². The lowest BCUT2D eigenvalue weighted by molar-refractivity contribution is 0.445. The molecule has 0 heterocycles. The zero-order valence-corrected chi connectivity index (χ0v) is 17.4. The molecule has 1 nitrogen and oxygen atoms in total. The lowest BCUT2D eigenvalue weighted by Gasteiger charge is -2.25. The average Bonchev–Trinajstić information content (AvgIpc) is 2.64. The van der Waals surface area contributed by atoms with Gasteiger partial charge in [0.1, 0.15) is 0 Å². The van der Waals surface area contributed by atoms with Crippen LogP contribution in [0.3, 0.4) is 0 Å². The minimum atomic E-state index is 0.475. The predicted molar refractivity (Wildman–Crippen MR) is 114 cm³/mol. The third kappa shape index (κ3) is 7.67. The van der Waals surface area contributed by atoms with Gasteiger partial charge in [0.2, 0.25) is 0 Å². The molecule has 4 atom stereocenters. The molecule has 0 saturated carbocycles. The third-order valence-corrected chi connectivity index (χ3v) is 5.80. The highest BCUT2D eigenvalue weighted by Gasteiger charge is 2.16. The van der Waals surface area contributed by atoms with E-state index in [1.54, 1.807) is 0 Å². The summed E-state index contributed by atoms with van der Waals surface area (Å²) in [5.41, 5.74) is 2.78. The smallest absolute Gasteiger partial charge is 0.0345 e. The van der Waals surface area contributed by atoms with Crippen LogP contribution in [0.15, 0.2) is 36.9 Å². The summed E-state index contributed by atoms with van der Waals surface area (Å²) >= 11 is 0. The molecule has 1 aromatic carbocycles. The Morgan fingerprint density at radius 2 is 1.80 bits per heavy atom. The van der Waals surface area contributed by atoms with Gasteiger partial charge >= 0.3 is 0 Å². The molecular formula is C24H41N. The largest absolute Gasteiger partial charge is 0.382 e. The fourth-order valence-corrected chi connectivity index (χ4v) is 3.51. The molecule has 1 N–H and O–H groups in total. The Morgan fingerprint density at radius 3 is 2.40 bits per heavy atom. The Labute approximate surface area is 157 Å². The van der Waals surface area contributed by atoms with Crippen LogP contribution in [0.1, 0.15) is 91.0 Å². The highest BCUT2D eigenvalue weighted by molar-refractivity contribution is 5.47. The van der Waals surface area contributed by atoms with E-state index in [1.807, 2.05) is 6.08 Å². The number of benzene rings is 1. The zero-order chi connectivity index (χ0) is 18.7. The molecule has 1 rings (SSSR count). The summed E-state index contributed by atoms with van der Waals surface area (Å²) in [7, 11) is 0. The van der Waals surface area contributed by atoms with Crippen molar-refractivity contribution in [1.82, 2.24) is 0 Å². The van der Waals surface area contributed by atoms with E-state index in [2.05, 4.69) is 70.8 Å². The highest BCUT2D eigenvalue weighted by atomic mass is 14.9. The summed E-state index contributed by atoms with van der Waals surface area (Å²) in [6.45, 7) is 15.5. The van der Waals surface area contributed by atoms with Gasteiger partial charge in [-0.25, -0.2) is 0 Å². The van der Waals surface area contributed by atoms with E-state index < -0.39 is 0 Å². The van der Waals surface area contributed by atoms with Gasteiger partial charge in [-0.1, -0.05) is 78.5 Å². The average molecular weight is 344 g/mol. The summed E-state index contributed by atoms with van der Waals surface area (Å²) in [4.78, 5) is 0. The summed E-state index contributed by atoms with van der Waals surface area (Å²) in [5, 5.41) is 3.77. The maximum Gasteiger partial charge on any atom is 0.0345 e. The predicted octanol–water partition coefficient (Wildman–Crippen LogP) is 7.80. The number of hydrogen-bond donors (Lipinski definition) is 1. The standard InChI is InChI=1S/C24H41N/c1-7-12-21(17-16-19(5)9-3)22-14-11-15-23(18-22)25-24(13-8-2)20(6)10-4/h8,11,14-15,18-21,24-25H,2,7,9-10,12-13,16-17H2,1,3-6H3. The molecule has 0 aliphatic rings. The molecule has 4 unspecified atom stereocenters. The molecule has 142 valence electrons. The first kappa shape index (κ1) is 21.8. The molecule has 0 aliphatic carbocycles. The summed E-state index contributed by atoms with van der Waals surface area (Å²) in [6, 6.07) is 9.65. The third-order valence-electron chi connectivity index (χ3n) is 5.80. The van der Waals surface area contributed by atoms with E-state index in [-0.39, 0.29) is 0 Å². The monoisotopic (exact) mass is 343 g/mol. The first-order valence-corrected chi connectivity index (χ1v) is 10.5. The van der Waals surface area contributed by atoms with Crippen molar-refractivity contribution < 1.29 is 0 Å². The zero-order valence-electron chi connectivity index (χ0n) is 17.4. The molecule has 0 fully saturated rings. The van der Waals surface area contributed by atoms with Crippen LogP contribution < -0.4 is 5.32 Å². The topological polar surface area (TPSA) is 12.0 Å². The Morgan fingerprint density at radius 1 is 1.04 bits per heavy atom. The van der Waals surface area contributed by atoms with Crippen LogP contribution in [-0.2, 0) is 0 Å². The van der Waals surface area contributed by atoms with Crippen LogP contribution in [0, 0.1) is 11.8 Å². The lowest BCUT2D eigenvalue weighted by Crippen LogP contribution is -2.26. The second-order valence-electron chi connectivity index (χ2n) is 7.86. The number of rotatable bonds is 13. The normalized spacial score (nSPS) is 16.0. The van der Waals surface area contributed by atoms with Gasteiger partial charge in [-0.3, -0.25) is 0 Å². The van der Waals surface area contributed by atoms with Crippen LogP contribution in [0.25, 0.3) is 0 Å². The van der Waals surface area contributed by atoms with Crippen molar-refractivity contribution >= 4 is 5.69 Å². The van der Waals surface area contributed by atoms with Gasteiger partial charge < -0.3 is 5.32 Å². The summed E-state index contributed by atoms with van der Waals surface area (Å²) < 4.78 is 0. The van der Waals surface area contributed by atoms with Crippen LogP contribution in [-0.4, -0.2) is 6.04 Å². The molecule has 0 radical (unpaired) electrons.